The zero-order chi connectivity index (χ0) is 26.6. The third-order valence-corrected chi connectivity index (χ3v) is 6.16. The fourth-order valence-electron chi connectivity index (χ4n) is 4.22. The van der Waals surface area contributed by atoms with Crippen LogP contribution in [-0.2, 0) is 19.8 Å². The van der Waals surface area contributed by atoms with Crippen molar-refractivity contribution in [1.29, 1.82) is 0 Å². The van der Waals surface area contributed by atoms with E-state index in [2.05, 4.69) is 15.0 Å². The topological polar surface area (TPSA) is 112 Å². The van der Waals surface area contributed by atoms with Crippen LogP contribution in [0, 0.1) is 6.92 Å². The predicted octanol–water partition coefficient (Wildman–Crippen LogP) is 3.46. The molecule has 1 aromatic carbocycles. The summed E-state index contributed by atoms with van der Waals surface area (Å²) in [6.45, 7) is 3.55. The Kier molecular flexibility index (Phi) is 8.24. The summed E-state index contributed by atoms with van der Waals surface area (Å²) < 4.78 is 30.4. The number of benzene rings is 1. The summed E-state index contributed by atoms with van der Waals surface area (Å²) in [6, 6.07) is 10.4. The van der Waals surface area contributed by atoms with Crippen molar-refractivity contribution in [2.24, 2.45) is 0 Å². The van der Waals surface area contributed by atoms with Gasteiger partial charge in [0.2, 0.25) is 23.6 Å². The first kappa shape index (κ1) is 27.0. The van der Waals surface area contributed by atoms with Crippen LogP contribution in [0.1, 0.15) is 49.9 Å². The van der Waals surface area contributed by atoms with E-state index in [9.17, 15) is 28.4 Å². The number of amides is 3. The van der Waals surface area contributed by atoms with Crippen LogP contribution in [0.15, 0.2) is 36.4 Å². The number of anilines is 1. The van der Waals surface area contributed by atoms with E-state index in [1.807, 2.05) is 32.0 Å². The molecule has 0 saturated carbocycles. The summed E-state index contributed by atoms with van der Waals surface area (Å²) in [7, 11) is 0. The van der Waals surface area contributed by atoms with Gasteiger partial charge in [-0.05, 0) is 36.1 Å². The first-order valence-electron chi connectivity index (χ1n) is 11.5. The molecule has 3 rings (SSSR count). The molecule has 2 heterocycles. The number of likely N-dealkylation sites (tertiary alicyclic amines) is 1. The Morgan fingerprint density at radius 1 is 1.19 bits per heavy atom. The van der Waals surface area contributed by atoms with Gasteiger partial charge in [0.15, 0.2) is 0 Å². The van der Waals surface area contributed by atoms with E-state index < -0.39 is 29.7 Å². The van der Waals surface area contributed by atoms with Crippen molar-refractivity contribution in [3.05, 3.63) is 53.2 Å². The van der Waals surface area contributed by atoms with Crippen LogP contribution in [0.3, 0.4) is 0 Å². The van der Waals surface area contributed by atoms with Gasteiger partial charge < -0.3 is 15.0 Å². The highest BCUT2D eigenvalue weighted by Gasteiger charge is 2.53. The number of hydrogen-bond donors (Lipinski definition) is 2. The first-order valence-corrected chi connectivity index (χ1v) is 11.5. The molecule has 0 spiro atoms. The lowest BCUT2D eigenvalue weighted by Crippen LogP contribution is -2.66. The summed E-state index contributed by atoms with van der Waals surface area (Å²) in [6.07, 6.45) is -0.117. The molecule has 3 amide bonds. The summed E-state index contributed by atoms with van der Waals surface area (Å²) in [5.74, 6) is -1.73. The van der Waals surface area contributed by atoms with Gasteiger partial charge >= 0.3 is 6.61 Å². The van der Waals surface area contributed by atoms with E-state index in [-0.39, 0.29) is 43.6 Å². The van der Waals surface area contributed by atoms with Crippen LogP contribution in [0.5, 0.6) is 5.88 Å². The van der Waals surface area contributed by atoms with Crippen molar-refractivity contribution in [3.8, 4) is 5.88 Å². The van der Waals surface area contributed by atoms with Gasteiger partial charge in [0, 0.05) is 32.1 Å². The Labute approximate surface area is 208 Å². The minimum absolute atomic E-state index is 0.00513. The highest BCUT2D eigenvalue weighted by atomic mass is 19.3. The van der Waals surface area contributed by atoms with Gasteiger partial charge in [0.05, 0.1) is 6.54 Å². The molecule has 1 fully saturated rings. The molecular formula is C25H30F2N4O5. The molecule has 1 saturated heterocycles. The zero-order valence-electron chi connectivity index (χ0n) is 20.6. The maximum Gasteiger partial charge on any atom is 0.388 e. The molecule has 2 aromatic rings. The van der Waals surface area contributed by atoms with Gasteiger partial charge in [0.1, 0.15) is 11.1 Å². The number of ether oxygens (including phenoxy) is 1. The average molecular weight is 505 g/mol. The van der Waals surface area contributed by atoms with Crippen molar-refractivity contribution in [3.63, 3.8) is 0 Å². The van der Waals surface area contributed by atoms with Crippen molar-refractivity contribution in [2.75, 3.05) is 25.0 Å². The molecule has 0 bridgehead atoms. The molecule has 2 N–H and O–H groups in total. The number of hydroxylamine groups is 2. The molecule has 0 unspecified atom stereocenters. The van der Waals surface area contributed by atoms with E-state index in [4.69, 9.17) is 0 Å². The Morgan fingerprint density at radius 2 is 1.86 bits per heavy atom. The molecule has 0 aliphatic carbocycles. The lowest BCUT2D eigenvalue weighted by Gasteiger charge is -2.50. The average Bonchev–Trinajstić information content (AvgIpc) is 2.78. The minimum Gasteiger partial charge on any atom is -0.415 e. The van der Waals surface area contributed by atoms with E-state index in [1.54, 1.807) is 19.1 Å². The third kappa shape index (κ3) is 5.78. The number of aromatic nitrogens is 1. The second kappa shape index (κ2) is 11.0. The van der Waals surface area contributed by atoms with Crippen LogP contribution >= 0.6 is 0 Å². The Bertz CT molecular complexity index is 1140. The summed E-state index contributed by atoms with van der Waals surface area (Å²) in [5.41, 5.74) is 0.930. The molecule has 11 heteroatoms. The second-order valence-electron chi connectivity index (χ2n) is 9.10. The molecule has 1 aliphatic rings. The summed E-state index contributed by atoms with van der Waals surface area (Å²) in [4.78, 5) is 43.1. The number of halogens is 2. The number of rotatable bonds is 9. The van der Waals surface area contributed by atoms with Crippen molar-refractivity contribution in [2.45, 2.75) is 52.1 Å². The molecule has 9 nitrogen and oxygen atoms in total. The fourth-order valence-corrected chi connectivity index (χ4v) is 4.22. The standard InChI is InChI=1S/C25H30F2N4O5/c1-15(2)18-7-5-6-8-19(18)25(13-30(14-25)21(33)11-12-31(35)17(4)32)23(34)29-20-10-9-16(3)28-22(20)36-24(26)27/h5-10,15,24,35H,11-14H2,1-4H3,(H,29,34). The Morgan fingerprint density at radius 3 is 2.47 bits per heavy atom. The number of aryl methyl sites for hydroxylation is 1. The van der Waals surface area contributed by atoms with Crippen LogP contribution in [0.2, 0.25) is 0 Å². The lowest BCUT2D eigenvalue weighted by atomic mass is 9.69. The van der Waals surface area contributed by atoms with Crippen molar-refractivity contribution in [1.82, 2.24) is 14.9 Å². The molecule has 194 valence electrons. The second-order valence-corrected chi connectivity index (χ2v) is 9.10. The van der Waals surface area contributed by atoms with Gasteiger partial charge in [-0.25, -0.2) is 10.0 Å². The number of carbonyl (C=O) groups excluding carboxylic acids is 3. The zero-order valence-corrected chi connectivity index (χ0v) is 20.6. The lowest BCUT2D eigenvalue weighted by molar-refractivity contribution is -0.164. The van der Waals surface area contributed by atoms with Gasteiger partial charge in [-0.3, -0.25) is 19.6 Å². The molecule has 1 aromatic heterocycles. The first-order chi connectivity index (χ1) is 16.9. The quantitative estimate of drug-likeness (QED) is 0.400. The molecular weight excluding hydrogens is 474 g/mol. The van der Waals surface area contributed by atoms with Gasteiger partial charge in [-0.2, -0.15) is 8.78 Å². The number of carbonyl (C=O) groups is 3. The molecule has 0 radical (unpaired) electrons. The summed E-state index contributed by atoms with van der Waals surface area (Å²) in [5, 5.41) is 12.7. The largest absolute Gasteiger partial charge is 0.415 e. The highest BCUT2D eigenvalue weighted by molar-refractivity contribution is 6.02. The van der Waals surface area contributed by atoms with E-state index in [0.29, 0.717) is 10.8 Å². The summed E-state index contributed by atoms with van der Waals surface area (Å²) >= 11 is 0. The predicted molar refractivity (Wildman–Crippen MR) is 127 cm³/mol. The maximum absolute atomic E-state index is 13.7. The molecule has 1 aliphatic heterocycles. The van der Waals surface area contributed by atoms with Gasteiger partial charge in [-0.15, -0.1) is 0 Å². The number of hydrogen-bond acceptors (Lipinski definition) is 6. The monoisotopic (exact) mass is 504 g/mol. The van der Waals surface area contributed by atoms with E-state index in [0.717, 1.165) is 11.1 Å². The van der Waals surface area contributed by atoms with Gasteiger partial charge in [-0.1, -0.05) is 38.1 Å². The normalized spacial score (nSPS) is 14.4. The minimum atomic E-state index is -3.12. The number of alkyl halides is 2. The SMILES string of the molecule is CC(=O)N(O)CCC(=O)N1CC(C(=O)Nc2ccc(C)nc2OC(F)F)(c2ccccc2C(C)C)C1. The van der Waals surface area contributed by atoms with E-state index in [1.165, 1.54) is 17.9 Å². The van der Waals surface area contributed by atoms with E-state index >= 15 is 0 Å². The molecule has 0 atom stereocenters. The van der Waals surface area contributed by atoms with Crippen molar-refractivity contribution < 1.29 is 33.1 Å². The smallest absolute Gasteiger partial charge is 0.388 e. The van der Waals surface area contributed by atoms with Crippen molar-refractivity contribution >= 4 is 23.4 Å². The van der Waals surface area contributed by atoms with Gasteiger partial charge in [0.25, 0.3) is 0 Å². The van der Waals surface area contributed by atoms with Crippen LogP contribution in [-0.4, -0.2) is 64.1 Å². The highest BCUT2D eigenvalue weighted by Crippen LogP contribution is 2.40. The number of nitrogens with zero attached hydrogens (tertiary/aromatic N) is 3. The number of nitrogens with one attached hydrogen (secondary N) is 1. The van der Waals surface area contributed by atoms with Crippen LogP contribution in [0.25, 0.3) is 0 Å². The third-order valence-electron chi connectivity index (χ3n) is 6.16. The Hall–Kier alpha value is -3.60. The van der Waals surface area contributed by atoms with Crippen LogP contribution < -0.4 is 10.1 Å². The number of pyridine rings is 1. The molecule has 36 heavy (non-hydrogen) atoms. The maximum atomic E-state index is 13.7. The van der Waals surface area contributed by atoms with Crippen LogP contribution in [0.4, 0.5) is 14.5 Å². The fraction of sp³-hybridized carbons (Fsp3) is 0.440. The Balaban J connectivity index is 1.91.